The van der Waals surface area contributed by atoms with Crippen molar-refractivity contribution in [2.45, 2.75) is 142 Å². The van der Waals surface area contributed by atoms with Gasteiger partial charge < -0.3 is 0 Å². The average molecular weight is 386 g/mol. The SMILES string of the molecule is CCCCCCCCCCCCCCCCSNCCCCCCCC. The molecule has 0 rings (SSSR count). The summed E-state index contributed by atoms with van der Waals surface area (Å²) >= 11 is 1.96. The fraction of sp³-hybridized carbons (Fsp3) is 1.00. The summed E-state index contributed by atoms with van der Waals surface area (Å²) < 4.78 is 3.54. The molecule has 0 radical (unpaired) electrons. The first-order valence-corrected chi connectivity index (χ1v) is 13.2. The van der Waals surface area contributed by atoms with Crippen LogP contribution in [0.5, 0.6) is 0 Å². The lowest BCUT2D eigenvalue weighted by Gasteiger charge is -2.05. The molecule has 0 aromatic carbocycles. The van der Waals surface area contributed by atoms with E-state index in [0.29, 0.717) is 0 Å². The topological polar surface area (TPSA) is 12.0 Å². The molecule has 0 aromatic heterocycles. The third-order valence-electron chi connectivity index (χ3n) is 5.33. The van der Waals surface area contributed by atoms with Crippen molar-refractivity contribution in [3.8, 4) is 0 Å². The molecule has 0 aliphatic rings. The van der Waals surface area contributed by atoms with Gasteiger partial charge in [0, 0.05) is 12.3 Å². The normalized spacial score (nSPS) is 11.3. The third-order valence-corrected chi connectivity index (χ3v) is 6.24. The molecule has 1 N–H and O–H groups in total. The fourth-order valence-corrected chi connectivity index (χ4v) is 4.27. The Morgan fingerprint density at radius 3 is 1.19 bits per heavy atom. The number of rotatable bonds is 23. The smallest absolute Gasteiger partial charge is 0.00786 e. The molecule has 0 amide bonds. The van der Waals surface area contributed by atoms with Gasteiger partial charge in [0.05, 0.1) is 0 Å². The van der Waals surface area contributed by atoms with E-state index in [0.717, 1.165) is 0 Å². The van der Waals surface area contributed by atoms with Crippen LogP contribution in [0.15, 0.2) is 0 Å². The Morgan fingerprint density at radius 1 is 0.423 bits per heavy atom. The molecule has 0 saturated carbocycles. The minimum absolute atomic E-state index is 1.20. The summed E-state index contributed by atoms with van der Waals surface area (Å²) in [6, 6.07) is 0. The maximum atomic E-state index is 3.54. The van der Waals surface area contributed by atoms with Gasteiger partial charge in [-0.3, -0.25) is 4.72 Å². The van der Waals surface area contributed by atoms with Gasteiger partial charge in [0.2, 0.25) is 0 Å². The van der Waals surface area contributed by atoms with Crippen molar-refractivity contribution in [1.29, 1.82) is 0 Å². The fourth-order valence-electron chi connectivity index (χ4n) is 3.49. The standard InChI is InChI=1S/C24H51NS/c1-3-5-7-9-11-12-13-14-15-16-17-18-20-22-24-26-25-23-21-19-10-8-6-4-2/h25H,3-24H2,1-2H3. The minimum Gasteiger partial charge on any atom is -0.264 e. The Hall–Kier alpha value is 0.310. The maximum absolute atomic E-state index is 3.54. The highest BCUT2D eigenvalue weighted by Gasteiger charge is 1.95. The van der Waals surface area contributed by atoms with Crippen LogP contribution in [-0.2, 0) is 0 Å². The first-order chi connectivity index (χ1) is 12.9. The van der Waals surface area contributed by atoms with Crippen molar-refractivity contribution in [3.05, 3.63) is 0 Å². The lowest BCUT2D eigenvalue weighted by atomic mass is 10.0. The lowest BCUT2D eigenvalue weighted by molar-refractivity contribution is 0.538. The molecule has 158 valence electrons. The van der Waals surface area contributed by atoms with Crippen LogP contribution in [0.1, 0.15) is 142 Å². The predicted molar refractivity (Wildman–Crippen MR) is 124 cm³/mol. The Bertz CT molecular complexity index is 208. The van der Waals surface area contributed by atoms with E-state index in [2.05, 4.69) is 18.6 Å². The molecule has 0 spiro atoms. The Labute approximate surface area is 171 Å². The van der Waals surface area contributed by atoms with E-state index in [1.807, 2.05) is 11.9 Å². The van der Waals surface area contributed by atoms with Crippen LogP contribution in [0, 0.1) is 0 Å². The van der Waals surface area contributed by atoms with E-state index >= 15 is 0 Å². The summed E-state index contributed by atoms with van der Waals surface area (Å²) in [5.41, 5.74) is 0. The summed E-state index contributed by atoms with van der Waals surface area (Å²) in [6.45, 7) is 5.79. The van der Waals surface area contributed by atoms with Crippen molar-refractivity contribution in [1.82, 2.24) is 4.72 Å². The molecule has 26 heavy (non-hydrogen) atoms. The van der Waals surface area contributed by atoms with E-state index in [4.69, 9.17) is 0 Å². The molecule has 0 saturated heterocycles. The predicted octanol–water partition coefficient (Wildman–Crippen LogP) is 9.07. The van der Waals surface area contributed by atoms with Crippen LogP contribution < -0.4 is 4.72 Å². The zero-order chi connectivity index (χ0) is 19.0. The van der Waals surface area contributed by atoms with Gasteiger partial charge in [0.15, 0.2) is 0 Å². The van der Waals surface area contributed by atoms with Gasteiger partial charge in [-0.2, -0.15) is 0 Å². The maximum Gasteiger partial charge on any atom is 0.00786 e. The van der Waals surface area contributed by atoms with Gasteiger partial charge in [-0.15, -0.1) is 0 Å². The number of hydrogen-bond donors (Lipinski definition) is 1. The Kier molecular flexibility index (Phi) is 25.6. The van der Waals surface area contributed by atoms with Gasteiger partial charge in [0.25, 0.3) is 0 Å². The number of nitrogens with one attached hydrogen (secondary N) is 1. The molecule has 0 heterocycles. The molecule has 0 fully saturated rings. The molecule has 0 aromatic rings. The third kappa shape index (κ3) is 24.3. The van der Waals surface area contributed by atoms with Crippen LogP contribution in [0.2, 0.25) is 0 Å². The second kappa shape index (κ2) is 25.3. The number of unbranched alkanes of at least 4 members (excludes halogenated alkanes) is 18. The highest BCUT2D eigenvalue weighted by Crippen LogP contribution is 2.13. The lowest BCUT2D eigenvalue weighted by Crippen LogP contribution is -2.06. The molecule has 0 bridgehead atoms. The average Bonchev–Trinajstić information content (AvgIpc) is 2.66. The Balaban J connectivity index is 2.95. The van der Waals surface area contributed by atoms with Crippen molar-refractivity contribution in [3.63, 3.8) is 0 Å². The Morgan fingerprint density at radius 2 is 0.769 bits per heavy atom. The molecular weight excluding hydrogens is 334 g/mol. The molecule has 2 heteroatoms. The van der Waals surface area contributed by atoms with Crippen LogP contribution in [0.4, 0.5) is 0 Å². The second-order valence-electron chi connectivity index (χ2n) is 8.11. The van der Waals surface area contributed by atoms with E-state index in [-0.39, 0.29) is 0 Å². The quantitative estimate of drug-likeness (QED) is 0.139. The van der Waals surface area contributed by atoms with Crippen LogP contribution in [-0.4, -0.2) is 12.3 Å². The number of hydrogen-bond acceptors (Lipinski definition) is 2. The summed E-state index contributed by atoms with van der Waals surface area (Å²) in [7, 11) is 0. The molecule has 0 atom stereocenters. The molecule has 0 aliphatic carbocycles. The van der Waals surface area contributed by atoms with Crippen LogP contribution >= 0.6 is 11.9 Å². The van der Waals surface area contributed by atoms with Gasteiger partial charge in [-0.25, -0.2) is 0 Å². The van der Waals surface area contributed by atoms with E-state index in [1.54, 1.807) is 0 Å². The van der Waals surface area contributed by atoms with E-state index in [1.165, 1.54) is 141 Å². The van der Waals surface area contributed by atoms with Crippen molar-refractivity contribution in [2.75, 3.05) is 12.3 Å². The van der Waals surface area contributed by atoms with Gasteiger partial charge in [-0.05, 0) is 12.8 Å². The van der Waals surface area contributed by atoms with Crippen LogP contribution in [0.3, 0.4) is 0 Å². The molecule has 1 nitrogen and oxygen atoms in total. The zero-order valence-corrected chi connectivity index (χ0v) is 19.3. The molecular formula is C24H51NS. The van der Waals surface area contributed by atoms with Gasteiger partial charge in [0.1, 0.15) is 0 Å². The van der Waals surface area contributed by atoms with E-state index in [9.17, 15) is 0 Å². The monoisotopic (exact) mass is 385 g/mol. The highest BCUT2D eigenvalue weighted by molar-refractivity contribution is 7.97. The zero-order valence-electron chi connectivity index (χ0n) is 18.5. The van der Waals surface area contributed by atoms with Crippen LogP contribution in [0.25, 0.3) is 0 Å². The summed E-state index contributed by atoms with van der Waals surface area (Å²) in [5.74, 6) is 1.30. The largest absolute Gasteiger partial charge is 0.264 e. The second-order valence-corrected chi connectivity index (χ2v) is 9.09. The first kappa shape index (κ1) is 26.3. The van der Waals surface area contributed by atoms with E-state index < -0.39 is 0 Å². The summed E-state index contributed by atoms with van der Waals surface area (Å²) in [4.78, 5) is 0. The summed E-state index contributed by atoms with van der Waals surface area (Å²) in [5, 5.41) is 0. The van der Waals surface area contributed by atoms with Gasteiger partial charge >= 0.3 is 0 Å². The molecule has 0 aliphatic heterocycles. The van der Waals surface area contributed by atoms with Crippen molar-refractivity contribution in [2.24, 2.45) is 0 Å². The first-order valence-electron chi connectivity index (χ1n) is 12.3. The minimum atomic E-state index is 1.20. The van der Waals surface area contributed by atoms with Gasteiger partial charge in [-0.1, -0.05) is 141 Å². The molecule has 0 unspecified atom stereocenters. The van der Waals surface area contributed by atoms with Crippen molar-refractivity contribution >= 4 is 11.9 Å². The summed E-state index contributed by atoms with van der Waals surface area (Å²) in [6.07, 6.45) is 28.7. The van der Waals surface area contributed by atoms with Crippen molar-refractivity contribution < 1.29 is 0 Å². The highest BCUT2D eigenvalue weighted by atomic mass is 32.2.